The van der Waals surface area contributed by atoms with Gasteiger partial charge in [0.1, 0.15) is 5.82 Å². The first kappa shape index (κ1) is 15.3. The first-order valence-electron chi connectivity index (χ1n) is 7.73. The van der Waals surface area contributed by atoms with Crippen LogP contribution in [0.15, 0.2) is 18.3 Å². The molecule has 1 N–H and O–H groups in total. The molecule has 1 amide bonds. The summed E-state index contributed by atoms with van der Waals surface area (Å²) in [7, 11) is -2.93. The van der Waals surface area contributed by atoms with Crippen LogP contribution in [0.3, 0.4) is 0 Å². The summed E-state index contributed by atoms with van der Waals surface area (Å²) in [5.41, 5.74) is 0.661. The Morgan fingerprint density at radius 1 is 1.32 bits per heavy atom. The number of carbonyl (C=O) groups is 1. The predicted octanol–water partition coefficient (Wildman–Crippen LogP) is 1.45. The van der Waals surface area contributed by atoms with E-state index in [0.29, 0.717) is 12.1 Å². The van der Waals surface area contributed by atoms with E-state index in [1.54, 1.807) is 6.20 Å². The number of anilines is 2. The van der Waals surface area contributed by atoms with Crippen molar-refractivity contribution in [2.24, 2.45) is 5.92 Å². The maximum atomic E-state index is 12.0. The summed E-state index contributed by atoms with van der Waals surface area (Å²) in [4.78, 5) is 18.6. The first-order valence-corrected chi connectivity index (χ1v) is 9.55. The number of carbonyl (C=O) groups excluding carboxylic acids is 1. The second-order valence-electron chi connectivity index (χ2n) is 6.12. The number of sulfone groups is 1. The molecule has 22 heavy (non-hydrogen) atoms. The van der Waals surface area contributed by atoms with Crippen LogP contribution in [-0.2, 0) is 14.6 Å². The molecule has 7 heteroatoms. The fourth-order valence-electron chi connectivity index (χ4n) is 3.10. The molecule has 0 saturated carbocycles. The minimum atomic E-state index is -2.93. The average molecular weight is 323 g/mol. The molecule has 1 atom stereocenters. The van der Waals surface area contributed by atoms with Gasteiger partial charge in [0.25, 0.3) is 0 Å². The number of amides is 1. The predicted molar refractivity (Wildman–Crippen MR) is 85.7 cm³/mol. The van der Waals surface area contributed by atoms with E-state index in [9.17, 15) is 13.2 Å². The van der Waals surface area contributed by atoms with E-state index >= 15 is 0 Å². The molecule has 1 aromatic rings. The standard InChI is InChI=1S/C15H21N3O3S/c19-15(9-12-5-8-22(20,21)11-12)17-13-3-4-14(16-10-13)18-6-1-2-7-18/h3-4,10,12H,1-2,5-9,11H2,(H,17,19). The lowest BCUT2D eigenvalue weighted by Crippen LogP contribution is -2.20. The topological polar surface area (TPSA) is 79.4 Å². The molecule has 0 spiro atoms. The van der Waals surface area contributed by atoms with E-state index in [0.717, 1.165) is 18.9 Å². The molecule has 0 radical (unpaired) electrons. The summed E-state index contributed by atoms with van der Waals surface area (Å²) in [6, 6.07) is 3.77. The third-order valence-corrected chi connectivity index (χ3v) is 6.10. The minimum absolute atomic E-state index is 0.0539. The molecule has 2 aliphatic rings. The molecule has 0 bridgehead atoms. The summed E-state index contributed by atoms with van der Waals surface area (Å²) < 4.78 is 22.8. The SMILES string of the molecule is O=C(CC1CCS(=O)(=O)C1)Nc1ccc(N2CCCC2)nc1. The fraction of sp³-hybridized carbons (Fsp3) is 0.600. The molecule has 0 aromatic carbocycles. The lowest BCUT2D eigenvalue weighted by molar-refractivity contribution is -0.116. The lowest BCUT2D eigenvalue weighted by Gasteiger charge is -2.16. The number of hydrogen-bond donors (Lipinski definition) is 1. The number of hydrogen-bond acceptors (Lipinski definition) is 5. The highest BCUT2D eigenvalue weighted by molar-refractivity contribution is 7.91. The van der Waals surface area contributed by atoms with E-state index in [2.05, 4.69) is 15.2 Å². The number of pyridine rings is 1. The maximum Gasteiger partial charge on any atom is 0.224 e. The highest BCUT2D eigenvalue weighted by Crippen LogP contribution is 2.23. The van der Waals surface area contributed by atoms with Crippen LogP contribution < -0.4 is 10.2 Å². The summed E-state index contributed by atoms with van der Waals surface area (Å²) in [5.74, 6) is 1.08. The number of aromatic nitrogens is 1. The van der Waals surface area contributed by atoms with Crippen LogP contribution in [-0.4, -0.2) is 43.9 Å². The van der Waals surface area contributed by atoms with Crippen molar-refractivity contribution in [2.75, 3.05) is 34.8 Å². The van der Waals surface area contributed by atoms with Crippen molar-refractivity contribution in [3.63, 3.8) is 0 Å². The van der Waals surface area contributed by atoms with Gasteiger partial charge in [-0.15, -0.1) is 0 Å². The normalized spacial score (nSPS) is 23.6. The van der Waals surface area contributed by atoms with Gasteiger partial charge in [-0.2, -0.15) is 0 Å². The molecule has 6 nitrogen and oxygen atoms in total. The second kappa shape index (κ2) is 6.24. The van der Waals surface area contributed by atoms with Gasteiger partial charge in [0.05, 0.1) is 23.4 Å². The summed E-state index contributed by atoms with van der Waals surface area (Å²) in [6.07, 6.45) is 4.90. The third-order valence-electron chi connectivity index (χ3n) is 4.26. The van der Waals surface area contributed by atoms with E-state index in [-0.39, 0.29) is 29.8 Å². The fourth-order valence-corrected chi connectivity index (χ4v) is 4.96. The van der Waals surface area contributed by atoms with Gasteiger partial charge in [0, 0.05) is 19.5 Å². The van der Waals surface area contributed by atoms with Gasteiger partial charge in [-0.25, -0.2) is 13.4 Å². The van der Waals surface area contributed by atoms with Crippen LogP contribution >= 0.6 is 0 Å². The Hall–Kier alpha value is -1.63. The van der Waals surface area contributed by atoms with Crippen molar-refractivity contribution in [2.45, 2.75) is 25.7 Å². The zero-order valence-electron chi connectivity index (χ0n) is 12.5. The molecule has 2 saturated heterocycles. The van der Waals surface area contributed by atoms with Gasteiger partial charge in [0.2, 0.25) is 5.91 Å². The maximum absolute atomic E-state index is 12.0. The van der Waals surface area contributed by atoms with Gasteiger partial charge in [0.15, 0.2) is 9.84 Å². The van der Waals surface area contributed by atoms with Crippen molar-refractivity contribution in [3.05, 3.63) is 18.3 Å². The van der Waals surface area contributed by atoms with Crippen molar-refractivity contribution >= 4 is 27.2 Å². The van der Waals surface area contributed by atoms with Gasteiger partial charge in [-0.3, -0.25) is 4.79 Å². The molecule has 120 valence electrons. The molecule has 1 aromatic heterocycles. The van der Waals surface area contributed by atoms with Gasteiger partial charge < -0.3 is 10.2 Å². The molecule has 1 unspecified atom stereocenters. The van der Waals surface area contributed by atoms with Crippen LogP contribution in [0.4, 0.5) is 11.5 Å². The molecule has 2 aliphatic heterocycles. The van der Waals surface area contributed by atoms with E-state index < -0.39 is 9.84 Å². The van der Waals surface area contributed by atoms with E-state index in [1.165, 1.54) is 12.8 Å². The monoisotopic (exact) mass is 323 g/mol. The second-order valence-corrected chi connectivity index (χ2v) is 8.35. The van der Waals surface area contributed by atoms with Crippen LogP contribution in [0.2, 0.25) is 0 Å². The summed E-state index contributed by atoms with van der Waals surface area (Å²) >= 11 is 0. The third kappa shape index (κ3) is 3.76. The minimum Gasteiger partial charge on any atom is -0.357 e. The Morgan fingerprint density at radius 3 is 2.68 bits per heavy atom. The van der Waals surface area contributed by atoms with Crippen LogP contribution in [0.1, 0.15) is 25.7 Å². The molecule has 0 aliphatic carbocycles. The average Bonchev–Trinajstić information content (AvgIpc) is 3.09. The van der Waals surface area contributed by atoms with E-state index in [4.69, 9.17) is 0 Å². The Balaban J connectivity index is 1.53. The van der Waals surface area contributed by atoms with Crippen LogP contribution in [0, 0.1) is 5.92 Å². The molecular formula is C15H21N3O3S. The quantitative estimate of drug-likeness (QED) is 0.907. The largest absolute Gasteiger partial charge is 0.357 e. The Labute approximate surface area is 130 Å². The highest BCUT2D eigenvalue weighted by Gasteiger charge is 2.29. The zero-order chi connectivity index (χ0) is 15.6. The molecular weight excluding hydrogens is 302 g/mol. The smallest absolute Gasteiger partial charge is 0.224 e. The van der Waals surface area contributed by atoms with Crippen molar-refractivity contribution < 1.29 is 13.2 Å². The van der Waals surface area contributed by atoms with Crippen molar-refractivity contribution in [1.82, 2.24) is 4.98 Å². The highest BCUT2D eigenvalue weighted by atomic mass is 32.2. The van der Waals surface area contributed by atoms with Crippen molar-refractivity contribution in [3.8, 4) is 0 Å². The van der Waals surface area contributed by atoms with Crippen LogP contribution in [0.5, 0.6) is 0 Å². The number of nitrogens with one attached hydrogen (secondary N) is 1. The first-order chi connectivity index (χ1) is 10.5. The Bertz CT molecular complexity index is 637. The van der Waals surface area contributed by atoms with E-state index in [1.807, 2.05) is 12.1 Å². The molecule has 3 rings (SSSR count). The lowest BCUT2D eigenvalue weighted by atomic mass is 10.1. The Morgan fingerprint density at radius 2 is 2.09 bits per heavy atom. The van der Waals surface area contributed by atoms with Crippen LogP contribution in [0.25, 0.3) is 0 Å². The summed E-state index contributed by atoms with van der Waals surface area (Å²) in [5, 5.41) is 2.80. The van der Waals surface area contributed by atoms with Gasteiger partial charge in [-0.05, 0) is 37.3 Å². The summed E-state index contributed by atoms with van der Waals surface area (Å²) in [6.45, 7) is 2.07. The van der Waals surface area contributed by atoms with Gasteiger partial charge in [-0.1, -0.05) is 0 Å². The molecule has 2 fully saturated rings. The zero-order valence-corrected chi connectivity index (χ0v) is 13.3. The van der Waals surface area contributed by atoms with Gasteiger partial charge >= 0.3 is 0 Å². The molecule has 3 heterocycles. The number of rotatable bonds is 4. The Kier molecular flexibility index (Phi) is 4.33. The van der Waals surface area contributed by atoms with Crippen molar-refractivity contribution in [1.29, 1.82) is 0 Å². The number of nitrogens with zero attached hydrogens (tertiary/aromatic N) is 2.